The monoisotopic (exact) mass is 169 g/mol. The Balaban J connectivity index is 2.77. The fraction of sp³-hybridized carbons (Fsp3) is 0.200. The van der Waals surface area contributed by atoms with Gasteiger partial charge in [0.15, 0.2) is 0 Å². The Morgan fingerprint density at radius 1 is 1.33 bits per heavy atom. The number of rotatable bonds is 3. The Bertz CT molecular complexity index is 317. The molecule has 12 heavy (non-hydrogen) atoms. The van der Waals surface area contributed by atoms with Crippen molar-refractivity contribution in [3.8, 4) is 0 Å². The third kappa shape index (κ3) is 1.78. The van der Waals surface area contributed by atoms with E-state index in [2.05, 4.69) is 15.2 Å². The summed E-state index contributed by atoms with van der Waals surface area (Å²) >= 11 is 0. The van der Waals surface area contributed by atoms with Crippen LogP contribution in [0, 0.1) is 0 Å². The predicted octanol–water partition coefficient (Wildman–Crippen LogP) is -2.07. The molecule has 1 rings (SSSR count). The number of hydrogen-bond donors (Lipinski definition) is 3. The van der Waals surface area contributed by atoms with Gasteiger partial charge in [-0.2, -0.15) is 0 Å². The van der Waals surface area contributed by atoms with Crippen LogP contribution in [0.1, 0.15) is 16.4 Å². The highest BCUT2D eigenvalue weighted by Gasteiger charge is 2.08. The molecular formula is C5H7N5O2. The van der Waals surface area contributed by atoms with E-state index in [1.807, 2.05) is 0 Å². The minimum atomic E-state index is -0.724. The summed E-state index contributed by atoms with van der Waals surface area (Å²) in [5.74, 6) is -1.12. The number of nitrogens with two attached hydrogens (primary N) is 2. The van der Waals surface area contributed by atoms with Crippen molar-refractivity contribution in [1.82, 2.24) is 15.2 Å². The van der Waals surface area contributed by atoms with Crippen molar-refractivity contribution >= 4 is 11.8 Å². The molecule has 0 aliphatic carbocycles. The van der Waals surface area contributed by atoms with Crippen LogP contribution < -0.4 is 11.5 Å². The van der Waals surface area contributed by atoms with Gasteiger partial charge in [-0.3, -0.25) is 9.59 Å². The van der Waals surface area contributed by atoms with E-state index in [-0.39, 0.29) is 18.1 Å². The lowest BCUT2D eigenvalue weighted by Gasteiger charge is -1.86. The minimum absolute atomic E-state index is 0.0775. The molecule has 7 heteroatoms. The third-order valence-corrected chi connectivity index (χ3v) is 1.11. The molecule has 0 aromatic carbocycles. The second-order valence-corrected chi connectivity index (χ2v) is 2.13. The number of hydrogen-bond acceptors (Lipinski definition) is 4. The highest BCUT2D eigenvalue weighted by molar-refractivity contribution is 5.88. The third-order valence-electron chi connectivity index (χ3n) is 1.11. The number of nitrogens with zero attached hydrogens (tertiary/aromatic N) is 2. The van der Waals surface area contributed by atoms with E-state index in [0.717, 1.165) is 0 Å². The molecule has 1 aromatic heterocycles. The van der Waals surface area contributed by atoms with Crippen LogP contribution in [-0.4, -0.2) is 27.0 Å². The molecule has 7 nitrogen and oxygen atoms in total. The maximum Gasteiger partial charge on any atom is 0.286 e. The number of aromatic amines is 1. The molecule has 0 spiro atoms. The van der Waals surface area contributed by atoms with Crippen LogP contribution in [0.3, 0.4) is 0 Å². The maximum absolute atomic E-state index is 10.5. The van der Waals surface area contributed by atoms with E-state index >= 15 is 0 Å². The molecule has 0 bridgehead atoms. The summed E-state index contributed by atoms with van der Waals surface area (Å²) in [7, 11) is 0. The zero-order valence-corrected chi connectivity index (χ0v) is 6.07. The van der Waals surface area contributed by atoms with Gasteiger partial charge >= 0.3 is 0 Å². The summed E-state index contributed by atoms with van der Waals surface area (Å²) in [6, 6.07) is 0. The lowest BCUT2D eigenvalue weighted by molar-refractivity contribution is -0.117. The number of aromatic nitrogens is 3. The predicted molar refractivity (Wildman–Crippen MR) is 37.8 cm³/mol. The first kappa shape index (κ1) is 8.18. The van der Waals surface area contributed by atoms with Crippen LogP contribution >= 0.6 is 0 Å². The summed E-state index contributed by atoms with van der Waals surface area (Å²) in [5.41, 5.74) is 9.74. The Kier molecular flexibility index (Phi) is 2.04. The van der Waals surface area contributed by atoms with Gasteiger partial charge in [0.05, 0.1) is 6.42 Å². The summed E-state index contributed by atoms with van der Waals surface area (Å²) in [5, 5.41) is 6.85. The van der Waals surface area contributed by atoms with Crippen molar-refractivity contribution in [2.75, 3.05) is 0 Å². The summed E-state index contributed by atoms with van der Waals surface area (Å²) in [6.45, 7) is 0. The normalized spacial score (nSPS) is 9.67. The fourth-order valence-corrected chi connectivity index (χ4v) is 0.652. The highest BCUT2D eigenvalue weighted by atomic mass is 16.1. The van der Waals surface area contributed by atoms with Gasteiger partial charge in [-0.15, -0.1) is 10.2 Å². The maximum atomic E-state index is 10.5. The van der Waals surface area contributed by atoms with Crippen LogP contribution in [0.2, 0.25) is 0 Å². The zero-order chi connectivity index (χ0) is 9.14. The molecule has 0 saturated carbocycles. The second-order valence-electron chi connectivity index (χ2n) is 2.13. The van der Waals surface area contributed by atoms with Crippen LogP contribution in [-0.2, 0) is 11.2 Å². The van der Waals surface area contributed by atoms with E-state index in [1.54, 1.807) is 0 Å². The molecule has 1 heterocycles. The van der Waals surface area contributed by atoms with Crippen molar-refractivity contribution in [1.29, 1.82) is 0 Å². The van der Waals surface area contributed by atoms with Gasteiger partial charge in [-0.1, -0.05) is 0 Å². The van der Waals surface area contributed by atoms with Gasteiger partial charge in [0.2, 0.25) is 11.7 Å². The van der Waals surface area contributed by atoms with Crippen molar-refractivity contribution in [2.24, 2.45) is 11.5 Å². The Labute approximate surface area is 67.1 Å². The minimum Gasteiger partial charge on any atom is -0.369 e. The van der Waals surface area contributed by atoms with Crippen LogP contribution in [0.15, 0.2) is 0 Å². The Morgan fingerprint density at radius 3 is 2.42 bits per heavy atom. The molecule has 0 aliphatic heterocycles. The molecule has 5 N–H and O–H groups in total. The van der Waals surface area contributed by atoms with Crippen molar-refractivity contribution in [3.63, 3.8) is 0 Å². The van der Waals surface area contributed by atoms with Crippen LogP contribution in [0.4, 0.5) is 0 Å². The lowest BCUT2D eigenvalue weighted by Crippen LogP contribution is -2.15. The first-order valence-corrected chi connectivity index (χ1v) is 3.09. The molecule has 0 radical (unpaired) electrons. The van der Waals surface area contributed by atoms with Crippen molar-refractivity contribution < 1.29 is 9.59 Å². The van der Waals surface area contributed by atoms with E-state index in [4.69, 9.17) is 11.5 Å². The highest BCUT2D eigenvalue weighted by Crippen LogP contribution is 1.91. The summed E-state index contributed by atoms with van der Waals surface area (Å²) in [4.78, 5) is 23.3. The van der Waals surface area contributed by atoms with Gasteiger partial charge in [0, 0.05) is 0 Å². The first-order chi connectivity index (χ1) is 5.59. The average Bonchev–Trinajstić information content (AvgIpc) is 2.34. The molecule has 0 unspecified atom stereocenters. The molecule has 0 saturated heterocycles. The van der Waals surface area contributed by atoms with Crippen molar-refractivity contribution in [3.05, 3.63) is 11.6 Å². The van der Waals surface area contributed by atoms with E-state index in [9.17, 15) is 9.59 Å². The molecule has 0 atom stereocenters. The quantitative estimate of drug-likeness (QED) is 0.480. The molecule has 2 amide bonds. The standard InChI is InChI=1S/C5H7N5O2/c6-2(11)1-3-8-5(4(7)12)10-9-3/h1H2,(H2,6,11)(H2,7,12)(H,8,9,10). The molecule has 0 aliphatic rings. The van der Waals surface area contributed by atoms with Crippen LogP contribution in [0.5, 0.6) is 0 Å². The number of amides is 2. The number of primary amides is 2. The number of H-pyrrole nitrogens is 1. The Hall–Kier alpha value is -1.92. The molecular weight excluding hydrogens is 162 g/mol. The van der Waals surface area contributed by atoms with Gasteiger partial charge < -0.3 is 16.5 Å². The second kappa shape index (κ2) is 2.99. The molecule has 0 fully saturated rings. The zero-order valence-electron chi connectivity index (χ0n) is 6.07. The SMILES string of the molecule is NC(=O)Cc1nnc(C(N)=O)[nH]1. The summed E-state index contributed by atoms with van der Waals surface area (Å²) < 4.78 is 0. The lowest BCUT2D eigenvalue weighted by atomic mass is 10.4. The number of carbonyl (C=O) groups excluding carboxylic acids is 2. The number of nitrogens with one attached hydrogen (secondary N) is 1. The molecule has 64 valence electrons. The Morgan fingerprint density at radius 2 is 2.00 bits per heavy atom. The van der Waals surface area contributed by atoms with Gasteiger partial charge in [0.25, 0.3) is 5.91 Å². The van der Waals surface area contributed by atoms with Gasteiger partial charge in [-0.25, -0.2) is 0 Å². The number of carbonyl (C=O) groups is 2. The van der Waals surface area contributed by atoms with E-state index in [1.165, 1.54) is 0 Å². The van der Waals surface area contributed by atoms with Gasteiger partial charge in [-0.05, 0) is 0 Å². The average molecular weight is 169 g/mol. The fourth-order valence-electron chi connectivity index (χ4n) is 0.652. The van der Waals surface area contributed by atoms with Crippen molar-refractivity contribution in [2.45, 2.75) is 6.42 Å². The topological polar surface area (TPSA) is 128 Å². The summed E-state index contributed by atoms with van der Waals surface area (Å²) in [6.07, 6.45) is -0.0831. The van der Waals surface area contributed by atoms with Gasteiger partial charge in [0.1, 0.15) is 5.82 Å². The smallest absolute Gasteiger partial charge is 0.286 e. The first-order valence-electron chi connectivity index (χ1n) is 3.09. The van der Waals surface area contributed by atoms with E-state index in [0.29, 0.717) is 0 Å². The van der Waals surface area contributed by atoms with E-state index < -0.39 is 11.8 Å². The largest absolute Gasteiger partial charge is 0.369 e. The van der Waals surface area contributed by atoms with Crippen LogP contribution in [0.25, 0.3) is 0 Å². The molecule has 1 aromatic rings.